The number of nitrogens with one attached hydrogen (secondary N) is 2. The molecule has 2 amide bonds. The number of hydrogen-bond donors (Lipinski definition) is 3. The molecule has 0 saturated heterocycles. The summed E-state index contributed by atoms with van der Waals surface area (Å²) in [5.41, 5.74) is 3.38. The topological polar surface area (TPSA) is 105 Å². The van der Waals surface area contributed by atoms with Crippen LogP contribution in [0, 0.1) is 11.8 Å². The summed E-state index contributed by atoms with van der Waals surface area (Å²) in [6.45, 7) is 4.28. The van der Waals surface area contributed by atoms with Crippen molar-refractivity contribution < 1.29 is 24.2 Å². The molecule has 7 heteroatoms. The van der Waals surface area contributed by atoms with E-state index in [4.69, 9.17) is 4.74 Å². The zero-order valence-electron chi connectivity index (χ0n) is 20.4. The second-order valence-electron chi connectivity index (χ2n) is 10.1. The third kappa shape index (κ3) is 5.34. The minimum Gasteiger partial charge on any atom is -0.480 e. The van der Waals surface area contributed by atoms with E-state index in [-0.39, 0.29) is 30.9 Å². The van der Waals surface area contributed by atoms with Gasteiger partial charge in [0.15, 0.2) is 0 Å². The molecule has 0 aliphatic heterocycles. The van der Waals surface area contributed by atoms with Gasteiger partial charge in [-0.1, -0.05) is 75.2 Å². The lowest BCUT2D eigenvalue weighted by atomic mass is 9.92. The zero-order valence-corrected chi connectivity index (χ0v) is 20.4. The first-order valence-electron chi connectivity index (χ1n) is 12.4. The average molecular weight is 479 g/mol. The molecule has 7 nitrogen and oxygen atoms in total. The molecule has 0 bridgehead atoms. The summed E-state index contributed by atoms with van der Waals surface area (Å²) in [4.78, 5) is 37.5. The fraction of sp³-hybridized carbons (Fsp3) is 0.464. The third-order valence-corrected chi connectivity index (χ3v) is 7.19. The molecule has 2 aromatic carbocycles. The molecule has 0 spiro atoms. The van der Waals surface area contributed by atoms with Crippen molar-refractivity contribution in [1.29, 1.82) is 0 Å². The van der Waals surface area contributed by atoms with E-state index in [1.165, 1.54) is 0 Å². The number of carbonyl (C=O) groups is 3. The Morgan fingerprint density at radius 1 is 1.00 bits per heavy atom. The van der Waals surface area contributed by atoms with Crippen LogP contribution >= 0.6 is 0 Å². The monoisotopic (exact) mass is 478 g/mol. The predicted octanol–water partition coefficient (Wildman–Crippen LogP) is 4.70. The molecular weight excluding hydrogens is 444 g/mol. The maximum atomic E-state index is 13.0. The first-order chi connectivity index (χ1) is 16.8. The van der Waals surface area contributed by atoms with E-state index in [9.17, 15) is 19.5 Å². The number of hydrogen-bond acceptors (Lipinski definition) is 4. The van der Waals surface area contributed by atoms with E-state index in [2.05, 4.69) is 34.9 Å². The molecule has 2 aliphatic rings. The van der Waals surface area contributed by atoms with E-state index in [0.29, 0.717) is 19.3 Å². The Bertz CT molecular complexity index is 1040. The van der Waals surface area contributed by atoms with Gasteiger partial charge in [-0.05, 0) is 47.4 Å². The number of aliphatic carboxylic acids is 1. The quantitative estimate of drug-likeness (QED) is 0.485. The zero-order chi connectivity index (χ0) is 25.0. The van der Waals surface area contributed by atoms with E-state index in [1.54, 1.807) is 0 Å². The van der Waals surface area contributed by atoms with E-state index in [0.717, 1.165) is 35.1 Å². The smallest absolute Gasteiger partial charge is 0.407 e. The number of alkyl carbamates (subject to hydrolysis) is 1. The van der Waals surface area contributed by atoms with Crippen LogP contribution in [0.3, 0.4) is 0 Å². The molecule has 35 heavy (non-hydrogen) atoms. The fourth-order valence-corrected chi connectivity index (χ4v) is 5.42. The van der Waals surface area contributed by atoms with Crippen molar-refractivity contribution in [3.63, 3.8) is 0 Å². The Kier molecular flexibility index (Phi) is 7.43. The normalized spacial score (nSPS) is 16.9. The molecular formula is C28H34N2O5. The maximum Gasteiger partial charge on any atom is 0.407 e. The lowest BCUT2D eigenvalue weighted by molar-refractivity contribution is -0.148. The van der Waals surface area contributed by atoms with Crippen LogP contribution < -0.4 is 10.6 Å². The fourth-order valence-electron chi connectivity index (χ4n) is 5.42. The van der Waals surface area contributed by atoms with E-state index in [1.807, 2.05) is 38.1 Å². The highest BCUT2D eigenvalue weighted by atomic mass is 16.5. The van der Waals surface area contributed by atoms with Crippen molar-refractivity contribution in [3.8, 4) is 11.1 Å². The largest absolute Gasteiger partial charge is 0.480 e. The van der Waals surface area contributed by atoms with Gasteiger partial charge >= 0.3 is 12.1 Å². The van der Waals surface area contributed by atoms with Gasteiger partial charge in [0.2, 0.25) is 5.91 Å². The highest BCUT2D eigenvalue weighted by Crippen LogP contribution is 2.44. The summed E-state index contributed by atoms with van der Waals surface area (Å²) in [6.07, 6.45) is 2.37. The second-order valence-corrected chi connectivity index (χ2v) is 10.1. The number of rotatable bonds is 9. The van der Waals surface area contributed by atoms with Gasteiger partial charge in [-0.3, -0.25) is 4.79 Å². The molecule has 2 aromatic rings. The molecule has 2 aliphatic carbocycles. The number of ether oxygens (including phenoxy) is 1. The highest BCUT2D eigenvalue weighted by molar-refractivity contribution is 5.88. The van der Waals surface area contributed by atoms with Crippen LogP contribution in [-0.2, 0) is 14.3 Å². The number of fused-ring (bicyclic) bond motifs is 3. The molecule has 3 N–H and O–H groups in total. The molecule has 186 valence electrons. The van der Waals surface area contributed by atoms with Crippen LogP contribution in [0.4, 0.5) is 4.79 Å². The number of carboxylic acid groups (broad SMARTS) is 1. The van der Waals surface area contributed by atoms with E-state index >= 15 is 0 Å². The van der Waals surface area contributed by atoms with Crippen molar-refractivity contribution in [1.82, 2.24) is 10.6 Å². The summed E-state index contributed by atoms with van der Waals surface area (Å²) in [7, 11) is 0. The number of carbonyl (C=O) groups excluding carboxylic acids is 2. The van der Waals surface area contributed by atoms with Crippen LogP contribution in [-0.4, -0.2) is 41.8 Å². The summed E-state index contributed by atoms with van der Waals surface area (Å²) in [5, 5.41) is 15.2. The molecule has 1 atom stereocenters. The molecule has 1 saturated carbocycles. The summed E-state index contributed by atoms with van der Waals surface area (Å²) < 4.78 is 5.59. The Balaban J connectivity index is 1.36. The Labute approximate surface area is 206 Å². The molecule has 1 unspecified atom stereocenters. The van der Waals surface area contributed by atoms with Gasteiger partial charge < -0.3 is 20.5 Å². The standard InChI is InChI=1S/C28H34N2O5/c1-18(2)15-19(25(31)30-28(26(32)33)13-7-8-14-28)16-29-27(34)35-17-24-22-11-5-3-9-20(22)21-10-4-6-12-23(21)24/h3-6,9-12,18-19,24H,7-8,13-17H2,1-2H3,(H,29,34)(H,30,31)(H,32,33). The summed E-state index contributed by atoms with van der Waals surface area (Å²) in [6, 6.07) is 16.3. The number of benzene rings is 2. The van der Waals surface area contributed by atoms with Crippen molar-refractivity contribution in [2.45, 2.75) is 57.4 Å². The molecule has 4 rings (SSSR count). The van der Waals surface area contributed by atoms with Crippen LogP contribution in [0.2, 0.25) is 0 Å². The average Bonchev–Trinajstić information content (AvgIpc) is 3.44. The minimum atomic E-state index is -1.20. The Morgan fingerprint density at radius 2 is 1.57 bits per heavy atom. The van der Waals surface area contributed by atoms with Gasteiger partial charge in [-0.25, -0.2) is 9.59 Å². The molecule has 0 radical (unpaired) electrons. The number of carboxylic acids is 1. The number of amides is 2. The van der Waals surface area contributed by atoms with Gasteiger partial charge in [-0.15, -0.1) is 0 Å². The van der Waals surface area contributed by atoms with Crippen molar-refractivity contribution in [3.05, 3.63) is 59.7 Å². The van der Waals surface area contributed by atoms with Gasteiger partial charge in [0.05, 0.1) is 5.92 Å². The van der Waals surface area contributed by atoms with Crippen molar-refractivity contribution >= 4 is 18.0 Å². The Morgan fingerprint density at radius 3 is 2.11 bits per heavy atom. The lowest BCUT2D eigenvalue weighted by Crippen LogP contribution is -2.55. The summed E-state index contributed by atoms with van der Waals surface area (Å²) >= 11 is 0. The Hall–Kier alpha value is -3.35. The predicted molar refractivity (Wildman–Crippen MR) is 133 cm³/mol. The van der Waals surface area contributed by atoms with Gasteiger partial charge in [0, 0.05) is 12.5 Å². The summed E-state index contributed by atoms with van der Waals surface area (Å²) in [5.74, 6) is -1.69. The van der Waals surface area contributed by atoms with Crippen LogP contribution in [0.15, 0.2) is 48.5 Å². The molecule has 1 fully saturated rings. The van der Waals surface area contributed by atoms with Crippen molar-refractivity contribution in [2.75, 3.05) is 13.2 Å². The van der Waals surface area contributed by atoms with Crippen LogP contribution in [0.1, 0.15) is 63.0 Å². The van der Waals surface area contributed by atoms with Crippen molar-refractivity contribution in [2.24, 2.45) is 11.8 Å². The first kappa shape index (κ1) is 24.8. The second kappa shape index (κ2) is 10.5. The minimum absolute atomic E-state index is 0.0410. The SMILES string of the molecule is CC(C)CC(CNC(=O)OCC1c2ccccc2-c2ccccc21)C(=O)NC1(C(=O)O)CCCC1. The maximum absolute atomic E-state index is 13.0. The molecule has 0 heterocycles. The first-order valence-corrected chi connectivity index (χ1v) is 12.4. The third-order valence-electron chi connectivity index (χ3n) is 7.19. The van der Waals surface area contributed by atoms with Gasteiger partial charge in [0.25, 0.3) is 0 Å². The van der Waals surface area contributed by atoms with Crippen LogP contribution in [0.5, 0.6) is 0 Å². The van der Waals surface area contributed by atoms with Gasteiger partial charge in [0.1, 0.15) is 12.1 Å². The highest BCUT2D eigenvalue weighted by Gasteiger charge is 2.43. The lowest BCUT2D eigenvalue weighted by Gasteiger charge is -2.28. The van der Waals surface area contributed by atoms with Gasteiger partial charge in [-0.2, -0.15) is 0 Å². The van der Waals surface area contributed by atoms with E-state index < -0.39 is 23.5 Å². The van der Waals surface area contributed by atoms with Crippen LogP contribution in [0.25, 0.3) is 11.1 Å². The molecule has 0 aromatic heterocycles.